The van der Waals surface area contributed by atoms with Crippen molar-refractivity contribution in [3.63, 3.8) is 0 Å². The SMILES string of the molecule is CSCC[C@H](N)C(=O)Nc1cnc(C)nc1. The van der Waals surface area contributed by atoms with Crippen LogP contribution in [-0.2, 0) is 4.79 Å². The number of amides is 1. The molecule has 1 atom stereocenters. The minimum atomic E-state index is -0.478. The maximum Gasteiger partial charge on any atom is 0.241 e. The molecule has 0 saturated carbocycles. The molecular weight excluding hydrogens is 224 g/mol. The summed E-state index contributed by atoms with van der Waals surface area (Å²) in [5.74, 6) is 1.35. The molecule has 0 unspecified atom stereocenters. The van der Waals surface area contributed by atoms with Crippen molar-refractivity contribution >= 4 is 23.4 Å². The molecule has 0 bridgehead atoms. The number of hydrogen-bond donors (Lipinski definition) is 2. The lowest BCUT2D eigenvalue weighted by Crippen LogP contribution is -2.36. The molecule has 0 fully saturated rings. The highest BCUT2D eigenvalue weighted by molar-refractivity contribution is 7.98. The fourth-order valence-electron chi connectivity index (χ4n) is 1.07. The highest BCUT2D eigenvalue weighted by Crippen LogP contribution is 2.05. The Bertz CT molecular complexity index is 341. The van der Waals surface area contributed by atoms with Crippen molar-refractivity contribution in [2.45, 2.75) is 19.4 Å². The smallest absolute Gasteiger partial charge is 0.241 e. The van der Waals surface area contributed by atoms with Gasteiger partial charge in [0.05, 0.1) is 24.1 Å². The molecule has 0 spiro atoms. The van der Waals surface area contributed by atoms with Crippen LogP contribution in [0.15, 0.2) is 12.4 Å². The number of aromatic nitrogens is 2. The lowest BCUT2D eigenvalue weighted by atomic mass is 10.2. The van der Waals surface area contributed by atoms with Crippen LogP contribution in [0.1, 0.15) is 12.2 Å². The van der Waals surface area contributed by atoms with Crippen LogP contribution in [-0.4, -0.2) is 33.9 Å². The molecule has 0 radical (unpaired) electrons. The Hall–Kier alpha value is -1.14. The summed E-state index contributed by atoms with van der Waals surface area (Å²) in [4.78, 5) is 19.6. The van der Waals surface area contributed by atoms with Crippen molar-refractivity contribution in [1.82, 2.24) is 9.97 Å². The first-order valence-electron chi connectivity index (χ1n) is 4.97. The van der Waals surface area contributed by atoms with E-state index in [2.05, 4.69) is 15.3 Å². The van der Waals surface area contributed by atoms with Gasteiger partial charge in [-0.3, -0.25) is 4.79 Å². The third-order valence-corrected chi connectivity index (χ3v) is 2.66. The maximum absolute atomic E-state index is 11.6. The van der Waals surface area contributed by atoms with Crippen molar-refractivity contribution < 1.29 is 4.79 Å². The van der Waals surface area contributed by atoms with Crippen LogP contribution < -0.4 is 11.1 Å². The molecule has 16 heavy (non-hydrogen) atoms. The van der Waals surface area contributed by atoms with Gasteiger partial charge in [0.1, 0.15) is 5.82 Å². The number of nitrogens with two attached hydrogens (primary N) is 1. The van der Waals surface area contributed by atoms with E-state index in [0.29, 0.717) is 17.9 Å². The van der Waals surface area contributed by atoms with Crippen molar-refractivity contribution in [3.05, 3.63) is 18.2 Å². The van der Waals surface area contributed by atoms with Crippen molar-refractivity contribution in [3.8, 4) is 0 Å². The van der Waals surface area contributed by atoms with Crippen LogP contribution in [0.4, 0.5) is 5.69 Å². The van der Waals surface area contributed by atoms with Crippen LogP contribution >= 0.6 is 11.8 Å². The molecule has 0 aliphatic carbocycles. The molecule has 1 aromatic heterocycles. The van der Waals surface area contributed by atoms with Gasteiger partial charge in [-0.1, -0.05) is 0 Å². The van der Waals surface area contributed by atoms with Gasteiger partial charge in [0.15, 0.2) is 0 Å². The van der Waals surface area contributed by atoms with Gasteiger partial charge in [0.25, 0.3) is 0 Å². The van der Waals surface area contributed by atoms with E-state index in [9.17, 15) is 4.79 Å². The van der Waals surface area contributed by atoms with Gasteiger partial charge >= 0.3 is 0 Å². The van der Waals surface area contributed by atoms with Crippen LogP contribution in [0.25, 0.3) is 0 Å². The Labute approximate surface area is 99.2 Å². The fourth-order valence-corrected chi connectivity index (χ4v) is 1.56. The summed E-state index contributed by atoms with van der Waals surface area (Å²) in [6.45, 7) is 1.79. The van der Waals surface area contributed by atoms with Crippen molar-refractivity contribution in [1.29, 1.82) is 0 Å². The van der Waals surface area contributed by atoms with E-state index in [1.165, 1.54) is 0 Å². The van der Waals surface area contributed by atoms with Crippen LogP contribution in [0.2, 0.25) is 0 Å². The average Bonchev–Trinajstić information content (AvgIpc) is 2.29. The van der Waals surface area contributed by atoms with E-state index in [1.807, 2.05) is 6.26 Å². The number of nitrogens with one attached hydrogen (secondary N) is 1. The van der Waals surface area contributed by atoms with E-state index < -0.39 is 6.04 Å². The largest absolute Gasteiger partial charge is 0.322 e. The maximum atomic E-state index is 11.6. The molecule has 1 heterocycles. The minimum absolute atomic E-state index is 0.193. The molecule has 5 nitrogen and oxygen atoms in total. The van der Waals surface area contributed by atoms with Crippen LogP contribution in [0, 0.1) is 6.92 Å². The van der Waals surface area contributed by atoms with Gasteiger partial charge < -0.3 is 11.1 Å². The summed E-state index contributed by atoms with van der Waals surface area (Å²) in [6, 6.07) is -0.478. The van der Waals surface area contributed by atoms with Gasteiger partial charge in [-0.25, -0.2) is 9.97 Å². The summed E-state index contributed by atoms with van der Waals surface area (Å²) >= 11 is 1.67. The fraction of sp³-hybridized carbons (Fsp3) is 0.500. The van der Waals surface area contributed by atoms with Crippen LogP contribution in [0.5, 0.6) is 0 Å². The summed E-state index contributed by atoms with van der Waals surface area (Å²) < 4.78 is 0. The normalized spacial score (nSPS) is 12.2. The molecule has 0 aromatic carbocycles. The Kier molecular flexibility index (Phi) is 5.21. The number of anilines is 1. The van der Waals surface area contributed by atoms with E-state index in [0.717, 1.165) is 5.75 Å². The van der Waals surface area contributed by atoms with Crippen LogP contribution in [0.3, 0.4) is 0 Å². The summed E-state index contributed by atoms with van der Waals surface area (Å²) in [7, 11) is 0. The Balaban J connectivity index is 2.47. The quantitative estimate of drug-likeness (QED) is 0.795. The molecular formula is C10H16N4OS. The molecule has 1 aromatic rings. The van der Waals surface area contributed by atoms with E-state index in [4.69, 9.17) is 5.73 Å². The number of aryl methyl sites for hydroxylation is 1. The minimum Gasteiger partial charge on any atom is -0.322 e. The first-order chi connectivity index (χ1) is 7.63. The highest BCUT2D eigenvalue weighted by atomic mass is 32.2. The standard InChI is InChI=1S/C10H16N4OS/c1-7-12-5-8(6-13-7)14-10(15)9(11)3-4-16-2/h5-6,9H,3-4,11H2,1-2H3,(H,14,15)/t9-/m0/s1. The molecule has 88 valence electrons. The monoisotopic (exact) mass is 240 g/mol. The van der Waals surface area contributed by atoms with Gasteiger partial charge in [-0.05, 0) is 25.4 Å². The zero-order valence-electron chi connectivity index (χ0n) is 9.43. The number of carbonyl (C=O) groups excluding carboxylic acids is 1. The van der Waals surface area contributed by atoms with Gasteiger partial charge in [0.2, 0.25) is 5.91 Å². The second-order valence-corrected chi connectivity index (χ2v) is 4.38. The lowest BCUT2D eigenvalue weighted by molar-refractivity contribution is -0.117. The molecule has 0 aliphatic rings. The van der Waals surface area contributed by atoms with Gasteiger partial charge in [0, 0.05) is 0 Å². The van der Waals surface area contributed by atoms with E-state index in [1.54, 1.807) is 31.1 Å². The number of rotatable bonds is 5. The zero-order chi connectivity index (χ0) is 12.0. The number of carbonyl (C=O) groups is 1. The van der Waals surface area contributed by atoms with E-state index >= 15 is 0 Å². The predicted octanol–water partition coefficient (Wildman–Crippen LogP) is 0.804. The van der Waals surface area contributed by atoms with Crippen molar-refractivity contribution in [2.24, 2.45) is 5.73 Å². The molecule has 3 N–H and O–H groups in total. The summed E-state index contributed by atoms with van der Waals surface area (Å²) in [5, 5.41) is 2.68. The molecule has 1 rings (SSSR count). The topological polar surface area (TPSA) is 80.9 Å². The number of hydrogen-bond acceptors (Lipinski definition) is 5. The highest BCUT2D eigenvalue weighted by Gasteiger charge is 2.12. The Morgan fingerprint density at radius 2 is 2.19 bits per heavy atom. The first kappa shape index (κ1) is 12.9. The first-order valence-corrected chi connectivity index (χ1v) is 6.37. The Morgan fingerprint density at radius 3 is 2.75 bits per heavy atom. The third-order valence-electron chi connectivity index (χ3n) is 2.02. The predicted molar refractivity (Wildman–Crippen MR) is 66.4 cm³/mol. The molecule has 0 saturated heterocycles. The third kappa shape index (κ3) is 4.16. The number of thioether (sulfide) groups is 1. The van der Waals surface area contributed by atoms with Crippen molar-refractivity contribution in [2.75, 3.05) is 17.3 Å². The van der Waals surface area contributed by atoms with Gasteiger partial charge in [-0.2, -0.15) is 11.8 Å². The lowest BCUT2D eigenvalue weighted by Gasteiger charge is -2.10. The average molecular weight is 240 g/mol. The second-order valence-electron chi connectivity index (χ2n) is 3.40. The summed E-state index contributed by atoms with van der Waals surface area (Å²) in [6.07, 6.45) is 5.79. The van der Waals surface area contributed by atoms with E-state index in [-0.39, 0.29) is 5.91 Å². The summed E-state index contributed by atoms with van der Waals surface area (Å²) in [5.41, 5.74) is 6.29. The molecule has 6 heteroatoms. The van der Waals surface area contributed by atoms with Gasteiger partial charge in [-0.15, -0.1) is 0 Å². The zero-order valence-corrected chi connectivity index (χ0v) is 10.3. The number of nitrogens with zero attached hydrogens (tertiary/aromatic N) is 2. The molecule has 1 amide bonds. The second kappa shape index (κ2) is 6.44. The molecule has 0 aliphatic heterocycles. The Morgan fingerprint density at radius 1 is 1.56 bits per heavy atom.